The maximum Gasteiger partial charge on any atom is 0.226 e. The summed E-state index contributed by atoms with van der Waals surface area (Å²) in [7, 11) is 1.64. The van der Waals surface area contributed by atoms with Crippen molar-refractivity contribution in [2.24, 2.45) is 0 Å². The molecule has 1 N–H and O–H groups in total. The van der Waals surface area contributed by atoms with E-state index in [1.165, 1.54) is 28.2 Å². The summed E-state index contributed by atoms with van der Waals surface area (Å²) in [6, 6.07) is 16.2. The van der Waals surface area contributed by atoms with Gasteiger partial charge in [-0.3, -0.25) is 4.79 Å². The summed E-state index contributed by atoms with van der Waals surface area (Å²) in [4.78, 5) is 18.1. The predicted octanol–water partition coefficient (Wildman–Crippen LogP) is 5.89. The second-order valence-corrected chi connectivity index (χ2v) is 8.33. The number of hydrogen-bond donors (Lipinski definition) is 1. The van der Waals surface area contributed by atoms with Crippen LogP contribution in [0.1, 0.15) is 25.3 Å². The van der Waals surface area contributed by atoms with Gasteiger partial charge in [-0.05, 0) is 60.6 Å². The molecule has 3 rings (SSSR count). The van der Waals surface area contributed by atoms with E-state index in [-0.39, 0.29) is 5.91 Å². The fourth-order valence-electron chi connectivity index (χ4n) is 2.64. The predicted molar refractivity (Wildman–Crippen MR) is 119 cm³/mol. The Labute approximate surface area is 174 Å². The van der Waals surface area contributed by atoms with E-state index in [1.807, 2.05) is 41.4 Å². The topological polar surface area (TPSA) is 51.2 Å². The lowest BCUT2D eigenvalue weighted by Gasteiger charge is -2.04. The normalized spacial score (nSPS) is 10.6. The molecule has 0 saturated carbocycles. The standard InChI is InChI=1S/C22H24N2O2S2/c1-3-14-27-19-11-4-16(5-12-19)6-13-21(25)24-22-23-20(15-28-22)17-7-9-18(26-2)10-8-17/h4-5,7-12,15H,3,6,13-14H2,1-2H3,(H,23,24,25). The van der Waals surface area contributed by atoms with Crippen LogP contribution in [-0.2, 0) is 11.2 Å². The average Bonchev–Trinajstić information content (AvgIpc) is 3.20. The van der Waals surface area contributed by atoms with Crippen LogP contribution in [-0.4, -0.2) is 23.8 Å². The Hall–Kier alpha value is -2.31. The van der Waals surface area contributed by atoms with E-state index in [0.717, 1.165) is 29.2 Å². The maximum absolute atomic E-state index is 12.3. The van der Waals surface area contributed by atoms with Gasteiger partial charge < -0.3 is 10.1 Å². The number of thiazole rings is 1. The van der Waals surface area contributed by atoms with Crippen LogP contribution in [0.15, 0.2) is 58.8 Å². The third-order valence-corrected chi connectivity index (χ3v) is 6.15. The van der Waals surface area contributed by atoms with Crippen molar-refractivity contribution in [1.29, 1.82) is 0 Å². The van der Waals surface area contributed by atoms with Crippen molar-refractivity contribution in [2.75, 3.05) is 18.2 Å². The highest BCUT2D eigenvalue weighted by atomic mass is 32.2. The first-order chi connectivity index (χ1) is 13.7. The molecule has 4 nitrogen and oxygen atoms in total. The summed E-state index contributed by atoms with van der Waals surface area (Å²) in [5.74, 6) is 1.93. The van der Waals surface area contributed by atoms with Crippen LogP contribution in [0, 0.1) is 0 Å². The van der Waals surface area contributed by atoms with Gasteiger partial charge in [-0.15, -0.1) is 23.1 Å². The summed E-state index contributed by atoms with van der Waals surface area (Å²) < 4.78 is 5.17. The number of anilines is 1. The van der Waals surface area contributed by atoms with Crippen molar-refractivity contribution < 1.29 is 9.53 Å². The molecule has 0 saturated heterocycles. The minimum atomic E-state index is -0.0138. The number of nitrogens with zero attached hydrogens (tertiary/aromatic N) is 1. The van der Waals surface area contributed by atoms with Crippen LogP contribution >= 0.6 is 23.1 Å². The lowest BCUT2D eigenvalue weighted by atomic mass is 10.1. The van der Waals surface area contributed by atoms with Crippen LogP contribution in [0.5, 0.6) is 5.75 Å². The van der Waals surface area contributed by atoms with Gasteiger partial charge in [0.1, 0.15) is 5.75 Å². The lowest BCUT2D eigenvalue weighted by molar-refractivity contribution is -0.116. The summed E-state index contributed by atoms with van der Waals surface area (Å²) in [6.45, 7) is 2.18. The van der Waals surface area contributed by atoms with Crippen LogP contribution in [0.2, 0.25) is 0 Å². The van der Waals surface area contributed by atoms with Crippen LogP contribution in [0.25, 0.3) is 11.3 Å². The molecule has 0 aliphatic carbocycles. The molecule has 2 aromatic carbocycles. The molecule has 1 amide bonds. The third kappa shape index (κ3) is 5.84. The van der Waals surface area contributed by atoms with Crippen molar-refractivity contribution in [1.82, 2.24) is 4.98 Å². The molecule has 3 aromatic rings. The van der Waals surface area contributed by atoms with Gasteiger partial charge in [0.25, 0.3) is 0 Å². The Bertz CT molecular complexity index is 890. The van der Waals surface area contributed by atoms with Gasteiger partial charge in [-0.25, -0.2) is 4.98 Å². The van der Waals surface area contributed by atoms with Crippen LogP contribution in [0.3, 0.4) is 0 Å². The Balaban J connectivity index is 1.50. The summed E-state index contributed by atoms with van der Waals surface area (Å²) in [6.07, 6.45) is 2.34. The second-order valence-electron chi connectivity index (χ2n) is 6.31. The number of carbonyl (C=O) groups excluding carboxylic acids is 1. The van der Waals surface area contributed by atoms with E-state index >= 15 is 0 Å². The second kappa shape index (κ2) is 10.3. The number of carbonyl (C=O) groups is 1. The van der Waals surface area contributed by atoms with E-state index < -0.39 is 0 Å². The van der Waals surface area contributed by atoms with Gasteiger partial charge in [0, 0.05) is 22.3 Å². The Morgan fingerprint density at radius 2 is 1.89 bits per heavy atom. The molecule has 0 radical (unpaired) electrons. The molecular weight excluding hydrogens is 388 g/mol. The molecule has 0 aliphatic rings. The molecule has 146 valence electrons. The zero-order chi connectivity index (χ0) is 19.8. The molecule has 0 aliphatic heterocycles. The SMILES string of the molecule is CCCSc1ccc(CCC(=O)Nc2nc(-c3ccc(OC)cc3)cs2)cc1. The molecular formula is C22H24N2O2S2. The lowest BCUT2D eigenvalue weighted by Crippen LogP contribution is -2.12. The molecule has 1 heterocycles. The Kier molecular flexibility index (Phi) is 7.51. The van der Waals surface area contributed by atoms with Gasteiger partial charge in [-0.1, -0.05) is 19.1 Å². The number of amides is 1. The molecule has 0 bridgehead atoms. The summed E-state index contributed by atoms with van der Waals surface area (Å²) in [5, 5.41) is 5.48. The minimum Gasteiger partial charge on any atom is -0.497 e. The maximum atomic E-state index is 12.3. The first-order valence-corrected chi connectivity index (χ1v) is 11.2. The number of aryl methyl sites for hydroxylation is 1. The first-order valence-electron chi connectivity index (χ1n) is 9.29. The molecule has 0 unspecified atom stereocenters. The first kappa shape index (κ1) is 20.4. The van der Waals surface area contributed by atoms with Crippen molar-refractivity contribution in [3.05, 3.63) is 59.5 Å². The molecule has 0 spiro atoms. The van der Waals surface area contributed by atoms with E-state index in [2.05, 4.69) is 41.5 Å². The Morgan fingerprint density at radius 1 is 1.14 bits per heavy atom. The highest BCUT2D eigenvalue weighted by Gasteiger charge is 2.09. The highest BCUT2D eigenvalue weighted by Crippen LogP contribution is 2.26. The van der Waals surface area contributed by atoms with E-state index in [4.69, 9.17) is 4.74 Å². The molecule has 0 fully saturated rings. The largest absolute Gasteiger partial charge is 0.497 e. The number of rotatable bonds is 9. The average molecular weight is 413 g/mol. The van der Waals surface area contributed by atoms with Crippen LogP contribution in [0.4, 0.5) is 5.13 Å². The van der Waals surface area contributed by atoms with Crippen molar-refractivity contribution in [3.63, 3.8) is 0 Å². The van der Waals surface area contributed by atoms with Crippen molar-refractivity contribution in [3.8, 4) is 17.0 Å². The zero-order valence-electron chi connectivity index (χ0n) is 16.1. The fourth-order valence-corrected chi connectivity index (χ4v) is 4.14. The summed E-state index contributed by atoms with van der Waals surface area (Å²) >= 11 is 3.30. The third-order valence-electron chi connectivity index (χ3n) is 4.17. The Morgan fingerprint density at radius 3 is 2.57 bits per heavy atom. The number of aromatic nitrogens is 1. The number of methoxy groups -OCH3 is 1. The molecule has 1 aromatic heterocycles. The van der Waals surface area contributed by atoms with Crippen molar-refractivity contribution in [2.45, 2.75) is 31.1 Å². The highest BCUT2D eigenvalue weighted by molar-refractivity contribution is 7.99. The number of benzene rings is 2. The van der Waals surface area contributed by atoms with E-state index in [0.29, 0.717) is 11.6 Å². The van der Waals surface area contributed by atoms with Crippen LogP contribution < -0.4 is 10.1 Å². The quantitative estimate of drug-likeness (QED) is 0.445. The van der Waals surface area contributed by atoms with Gasteiger partial charge in [0.2, 0.25) is 5.91 Å². The number of nitrogens with one attached hydrogen (secondary N) is 1. The minimum absolute atomic E-state index is 0.0138. The molecule has 28 heavy (non-hydrogen) atoms. The van der Waals surface area contributed by atoms with E-state index in [9.17, 15) is 4.79 Å². The van der Waals surface area contributed by atoms with Crippen molar-refractivity contribution >= 4 is 34.1 Å². The molecule has 6 heteroatoms. The number of hydrogen-bond acceptors (Lipinski definition) is 5. The fraction of sp³-hybridized carbons (Fsp3) is 0.273. The van der Waals surface area contributed by atoms with Gasteiger partial charge in [0.15, 0.2) is 5.13 Å². The van der Waals surface area contributed by atoms with Gasteiger partial charge in [-0.2, -0.15) is 0 Å². The number of ether oxygens (including phenoxy) is 1. The number of thioether (sulfide) groups is 1. The smallest absolute Gasteiger partial charge is 0.226 e. The van der Waals surface area contributed by atoms with Gasteiger partial charge in [0.05, 0.1) is 12.8 Å². The van der Waals surface area contributed by atoms with E-state index in [1.54, 1.807) is 7.11 Å². The molecule has 0 atom stereocenters. The zero-order valence-corrected chi connectivity index (χ0v) is 17.7. The monoisotopic (exact) mass is 412 g/mol. The van der Waals surface area contributed by atoms with Gasteiger partial charge >= 0.3 is 0 Å². The summed E-state index contributed by atoms with van der Waals surface area (Å²) in [5.41, 5.74) is 3.02.